The fourth-order valence-corrected chi connectivity index (χ4v) is 2.31. The van der Waals surface area contributed by atoms with Crippen molar-refractivity contribution in [2.24, 2.45) is 0 Å². The van der Waals surface area contributed by atoms with E-state index in [0.29, 0.717) is 12.4 Å². The van der Waals surface area contributed by atoms with Gasteiger partial charge in [0.15, 0.2) is 5.75 Å². The van der Waals surface area contributed by atoms with E-state index in [-0.39, 0.29) is 17.4 Å². The molecule has 1 N–H and O–H groups in total. The van der Waals surface area contributed by atoms with Crippen LogP contribution in [0.15, 0.2) is 29.1 Å². The highest BCUT2D eigenvalue weighted by Crippen LogP contribution is 2.33. The van der Waals surface area contributed by atoms with Gasteiger partial charge in [-0.25, -0.2) is 4.68 Å². The van der Waals surface area contributed by atoms with E-state index in [1.54, 1.807) is 7.05 Å². The van der Waals surface area contributed by atoms with Crippen LogP contribution in [0.25, 0.3) is 10.9 Å². The highest BCUT2D eigenvalue weighted by Gasteiger charge is 2.20. The number of nitrogens with zero attached hydrogens (tertiary/aromatic N) is 1. The highest BCUT2D eigenvalue weighted by molar-refractivity contribution is 5.88. The zero-order chi connectivity index (χ0) is 16.1. The van der Waals surface area contributed by atoms with E-state index in [2.05, 4.69) is 12.3 Å². The predicted molar refractivity (Wildman–Crippen MR) is 89.7 cm³/mol. The summed E-state index contributed by atoms with van der Waals surface area (Å²) in [6, 6.07) is 7.66. The number of fused-ring (bicyclic) bond motifs is 1. The van der Waals surface area contributed by atoms with Crippen molar-refractivity contribution in [3.63, 3.8) is 0 Å². The van der Waals surface area contributed by atoms with Gasteiger partial charge in [0.05, 0.1) is 18.2 Å². The number of para-hydroxylation sites is 1. The maximum absolute atomic E-state index is 12.7. The molecule has 2 rings (SSSR count). The molecule has 1 aromatic carbocycles. The monoisotopic (exact) mass is 304 g/mol. The fraction of sp³-hybridized carbons (Fsp3) is 0.471. The lowest BCUT2D eigenvalue weighted by Crippen LogP contribution is -2.30. The average Bonchev–Trinajstić information content (AvgIpc) is 2.50. The summed E-state index contributed by atoms with van der Waals surface area (Å²) in [5.74, 6) is 0.799. The van der Waals surface area contributed by atoms with Crippen LogP contribution < -0.4 is 20.5 Å². The number of hydrogen-bond acceptors (Lipinski definition) is 4. The smallest absolute Gasteiger partial charge is 0.315 e. The SMILES string of the molecule is CCCCOc1c(OC(C)C)c(=O)n(NC)c2ccccc12. The molecule has 5 nitrogen and oxygen atoms in total. The molecule has 120 valence electrons. The van der Waals surface area contributed by atoms with Crippen molar-refractivity contribution in [3.8, 4) is 11.5 Å². The summed E-state index contributed by atoms with van der Waals surface area (Å²) in [6.45, 7) is 6.46. The van der Waals surface area contributed by atoms with Crippen molar-refractivity contribution in [1.29, 1.82) is 0 Å². The van der Waals surface area contributed by atoms with Crippen LogP contribution in [-0.4, -0.2) is 24.4 Å². The van der Waals surface area contributed by atoms with Crippen molar-refractivity contribution in [2.45, 2.75) is 39.7 Å². The molecule has 0 saturated carbocycles. The van der Waals surface area contributed by atoms with Gasteiger partial charge in [0, 0.05) is 12.4 Å². The molecular weight excluding hydrogens is 280 g/mol. The molecule has 1 heterocycles. The second kappa shape index (κ2) is 7.20. The van der Waals surface area contributed by atoms with E-state index >= 15 is 0 Å². The first-order valence-corrected chi connectivity index (χ1v) is 7.75. The van der Waals surface area contributed by atoms with E-state index in [9.17, 15) is 4.79 Å². The van der Waals surface area contributed by atoms with Crippen molar-refractivity contribution in [1.82, 2.24) is 4.68 Å². The van der Waals surface area contributed by atoms with Gasteiger partial charge in [-0.3, -0.25) is 4.79 Å². The Morgan fingerprint density at radius 1 is 1.23 bits per heavy atom. The summed E-state index contributed by atoms with van der Waals surface area (Å²) in [7, 11) is 1.71. The van der Waals surface area contributed by atoms with Crippen LogP contribution in [0.1, 0.15) is 33.6 Å². The molecule has 0 aliphatic carbocycles. The van der Waals surface area contributed by atoms with Crippen LogP contribution in [0.2, 0.25) is 0 Å². The zero-order valence-corrected chi connectivity index (χ0v) is 13.7. The molecule has 5 heteroatoms. The second-order valence-electron chi connectivity index (χ2n) is 5.41. The van der Waals surface area contributed by atoms with Crippen LogP contribution in [-0.2, 0) is 0 Å². The summed E-state index contributed by atoms with van der Waals surface area (Å²) in [5.41, 5.74) is 3.46. The van der Waals surface area contributed by atoms with Gasteiger partial charge in [0.25, 0.3) is 0 Å². The summed E-state index contributed by atoms with van der Waals surface area (Å²) in [5, 5.41) is 0.864. The van der Waals surface area contributed by atoms with E-state index < -0.39 is 0 Å². The normalized spacial score (nSPS) is 11.0. The number of hydrogen-bond donors (Lipinski definition) is 1. The minimum absolute atomic E-state index is 0.104. The van der Waals surface area contributed by atoms with E-state index in [4.69, 9.17) is 9.47 Å². The Morgan fingerprint density at radius 2 is 1.95 bits per heavy atom. The van der Waals surface area contributed by atoms with Crippen molar-refractivity contribution in [3.05, 3.63) is 34.6 Å². The molecule has 0 bridgehead atoms. The first kappa shape index (κ1) is 16.2. The first-order chi connectivity index (χ1) is 10.6. The minimum atomic E-state index is -0.235. The summed E-state index contributed by atoms with van der Waals surface area (Å²) in [4.78, 5) is 12.7. The van der Waals surface area contributed by atoms with Crippen LogP contribution in [0.3, 0.4) is 0 Å². The van der Waals surface area contributed by atoms with Crippen LogP contribution in [0, 0.1) is 0 Å². The largest absolute Gasteiger partial charge is 0.489 e. The van der Waals surface area contributed by atoms with Crippen LogP contribution in [0.5, 0.6) is 11.5 Å². The Labute approximate surface area is 130 Å². The third-order valence-corrected chi connectivity index (χ3v) is 3.31. The summed E-state index contributed by atoms with van der Waals surface area (Å²) >= 11 is 0. The fourth-order valence-electron chi connectivity index (χ4n) is 2.31. The second-order valence-corrected chi connectivity index (χ2v) is 5.41. The van der Waals surface area contributed by atoms with E-state index in [1.807, 2.05) is 38.1 Å². The van der Waals surface area contributed by atoms with Crippen molar-refractivity contribution >= 4 is 10.9 Å². The van der Waals surface area contributed by atoms with Crippen LogP contribution >= 0.6 is 0 Å². The van der Waals surface area contributed by atoms with Gasteiger partial charge in [-0.1, -0.05) is 25.5 Å². The van der Waals surface area contributed by atoms with Gasteiger partial charge < -0.3 is 14.9 Å². The van der Waals surface area contributed by atoms with E-state index in [1.165, 1.54) is 4.68 Å². The molecule has 0 amide bonds. The number of benzene rings is 1. The lowest BCUT2D eigenvalue weighted by Gasteiger charge is -2.19. The molecule has 22 heavy (non-hydrogen) atoms. The Morgan fingerprint density at radius 3 is 2.59 bits per heavy atom. The number of nitrogens with one attached hydrogen (secondary N) is 1. The summed E-state index contributed by atoms with van der Waals surface area (Å²) in [6.07, 6.45) is 1.86. The molecular formula is C17H24N2O3. The molecule has 1 aromatic heterocycles. The Kier molecular flexibility index (Phi) is 5.31. The minimum Gasteiger partial charge on any atom is -0.489 e. The Hall–Kier alpha value is -2.17. The maximum Gasteiger partial charge on any atom is 0.315 e. The van der Waals surface area contributed by atoms with Crippen molar-refractivity contribution < 1.29 is 9.47 Å². The number of ether oxygens (including phenoxy) is 2. The Bertz CT molecular complexity index is 692. The molecule has 0 aliphatic heterocycles. The van der Waals surface area contributed by atoms with Gasteiger partial charge in [-0.2, -0.15) is 0 Å². The van der Waals surface area contributed by atoms with Gasteiger partial charge in [-0.15, -0.1) is 0 Å². The number of aromatic nitrogens is 1. The molecule has 0 radical (unpaired) electrons. The van der Waals surface area contributed by atoms with Gasteiger partial charge >= 0.3 is 5.56 Å². The van der Waals surface area contributed by atoms with E-state index in [0.717, 1.165) is 23.7 Å². The Balaban J connectivity index is 2.67. The highest BCUT2D eigenvalue weighted by atomic mass is 16.5. The molecule has 0 aliphatic rings. The maximum atomic E-state index is 12.7. The van der Waals surface area contributed by atoms with Gasteiger partial charge in [0.2, 0.25) is 5.75 Å². The summed E-state index contributed by atoms with van der Waals surface area (Å²) < 4.78 is 13.2. The molecule has 0 atom stereocenters. The topological polar surface area (TPSA) is 52.5 Å². The van der Waals surface area contributed by atoms with Crippen LogP contribution in [0.4, 0.5) is 0 Å². The van der Waals surface area contributed by atoms with Crippen molar-refractivity contribution in [2.75, 3.05) is 19.1 Å². The van der Waals surface area contributed by atoms with Gasteiger partial charge in [-0.05, 0) is 32.4 Å². The first-order valence-electron chi connectivity index (χ1n) is 7.75. The number of rotatable bonds is 7. The third-order valence-electron chi connectivity index (χ3n) is 3.31. The molecule has 0 saturated heterocycles. The lowest BCUT2D eigenvalue weighted by atomic mass is 10.2. The molecule has 2 aromatic rings. The lowest BCUT2D eigenvalue weighted by molar-refractivity contribution is 0.217. The standard InChI is InChI=1S/C17H24N2O3/c1-5-6-11-21-15-13-9-7-8-10-14(13)19(18-4)17(20)16(15)22-12(2)3/h7-10,12,18H,5-6,11H2,1-4H3. The predicted octanol–water partition coefficient (Wildman–Crippen LogP) is 3.14. The molecule has 0 fully saturated rings. The number of pyridine rings is 1. The number of unbranched alkanes of at least 4 members (excludes halogenated alkanes) is 1. The van der Waals surface area contributed by atoms with Gasteiger partial charge in [0.1, 0.15) is 0 Å². The average molecular weight is 304 g/mol. The third kappa shape index (κ3) is 3.18. The zero-order valence-electron chi connectivity index (χ0n) is 13.7. The molecule has 0 spiro atoms. The molecule has 0 unspecified atom stereocenters. The quantitative estimate of drug-likeness (QED) is 0.798.